The van der Waals surface area contributed by atoms with Gasteiger partial charge in [0, 0.05) is 0 Å². The Balaban J connectivity index is 1.28. The van der Waals surface area contributed by atoms with Gasteiger partial charge >= 0.3 is 0 Å². The number of rotatable bonds is 5. The van der Waals surface area contributed by atoms with Crippen molar-refractivity contribution in [3.05, 3.63) is 121 Å². The molecule has 0 radical (unpaired) electrons. The topological polar surface area (TPSA) is 67.3 Å². The van der Waals surface area contributed by atoms with E-state index in [-0.39, 0.29) is 18.6 Å². The summed E-state index contributed by atoms with van der Waals surface area (Å²) in [6, 6.07) is 31.8. The maximum atomic E-state index is 13.4. The number of hydrazine groups is 1. The summed E-state index contributed by atoms with van der Waals surface area (Å²) >= 11 is 0. The molecule has 1 N–H and O–H groups in total. The third-order valence-corrected chi connectivity index (χ3v) is 6.15. The molecule has 2 heterocycles. The highest BCUT2D eigenvalue weighted by atomic mass is 16.5. The molecule has 1 aromatic heterocycles. The summed E-state index contributed by atoms with van der Waals surface area (Å²) in [5.41, 5.74) is 7.00. The van der Waals surface area contributed by atoms with Gasteiger partial charge in [-0.25, -0.2) is 15.0 Å². The second-order valence-corrected chi connectivity index (χ2v) is 8.36. The molecule has 0 bridgehead atoms. The first-order chi connectivity index (χ1) is 17.3. The Bertz CT molecular complexity index is 1560. The van der Waals surface area contributed by atoms with Gasteiger partial charge in [0.05, 0.1) is 22.6 Å². The Labute approximate surface area is 202 Å². The van der Waals surface area contributed by atoms with Crippen LogP contribution in [0.3, 0.4) is 0 Å². The first kappa shape index (κ1) is 20.9. The van der Waals surface area contributed by atoms with E-state index in [0.29, 0.717) is 5.88 Å². The molecule has 0 saturated heterocycles. The van der Waals surface area contributed by atoms with E-state index in [9.17, 15) is 4.79 Å². The van der Waals surface area contributed by atoms with Crippen LogP contribution in [0.4, 0.5) is 0 Å². The zero-order chi connectivity index (χ0) is 23.6. The lowest BCUT2D eigenvalue weighted by Gasteiger charge is -2.25. The van der Waals surface area contributed by atoms with E-state index in [2.05, 4.69) is 51.8 Å². The Kier molecular flexibility index (Phi) is 5.31. The van der Waals surface area contributed by atoms with Crippen LogP contribution in [0.15, 0.2) is 109 Å². The van der Waals surface area contributed by atoms with Crippen molar-refractivity contribution in [1.82, 2.24) is 20.4 Å². The van der Waals surface area contributed by atoms with Crippen molar-refractivity contribution in [2.24, 2.45) is 0 Å². The highest BCUT2D eigenvalue weighted by Gasteiger charge is 2.31. The van der Waals surface area contributed by atoms with E-state index in [0.717, 1.165) is 33.1 Å². The Hall–Kier alpha value is -4.71. The van der Waals surface area contributed by atoms with Gasteiger partial charge in [0.1, 0.15) is 6.33 Å². The van der Waals surface area contributed by atoms with Crippen LogP contribution < -0.4 is 10.2 Å². The maximum Gasteiger partial charge on any atom is 0.279 e. The maximum absolute atomic E-state index is 13.4. The lowest BCUT2D eigenvalue weighted by atomic mass is 10.0. The Morgan fingerprint density at radius 2 is 1.63 bits per heavy atom. The quantitative estimate of drug-likeness (QED) is 0.388. The van der Waals surface area contributed by atoms with Crippen LogP contribution >= 0.6 is 0 Å². The van der Waals surface area contributed by atoms with Crippen LogP contribution in [0.1, 0.15) is 17.2 Å². The van der Waals surface area contributed by atoms with E-state index < -0.39 is 0 Å². The lowest BCUT2D eigenvalue weighted by Crippen LogP contribution is -2.42. The molecule has 0 aliphatic carbocycles. The minimum absolute atomic E-state index is 0.157. The van der Waals surface area contributed by atoms with Crippen LogP contribution in [0.5, 0.6) is 5.88 Å². The van der Waals surface area contributed by atoms with Crippen molar-refractivity contribution in [2.75, 3.05) is 6.61 Å². The second-order valence-electron chi connectivity index (χ2n) is 8.36. The first-order valence-corrected chi connectivity index (χ1v) is 11.4. The highest BCUT2D eigenvalue weighted by Crippen LogP contribution is 2.32. The van der Waals surface area contributed by atoms with Crippen LogP contribution in [0.25, 0.3) is 27.4 Å². The Morgan fingerprint density at radius 3 is 2.51 bits per heavy atom. The van der Waals surface area contributed by atoms with Crippen LogP contribution in [0, 0.1) is 0 Å². The predicted molar refractivity (Wildman–Crippen MR) is 136 cm³/mol. The highest BCUT2D eigenvalue weighted by molar-refractivity contribution is 5.88. The molecule has 5 aromatic rings. The number of hydrogen-bond acceptors (Lipinski definition) is 5. The molecular weight excluding hydrogens is 436 g/mol. The molecule has 0 saturated carbocycles. The first-order valence-electron chi connectivity index (χ1n) is 11.4. The number of para-hydroxylation sites is 1. The summed E-state index contributed by atoms with van der Waals surface area (Å²) in [6.07, 6.45) is 3.53. The normalized spacial score (nSPS) is 15.1. The number of fused-ring (bicyclic) bond motifs is 2. The van der Waals surface area contributed by atoms with E-state index >= 15 is 0 Å². The molecule has 0 unspecified atom stereocenters. The van der Waals surface area contributed by atoms with Gasteiger partial charge in [-0.15, -0.1) is 0 Å². The average Bonchev–Trinajstić information content (AvgIpc) is 3.38. The summed E-state index contributed by atoms with van der Waals surface area (Å²) in [4.78, 5) is 21.9. The smallest absolute Gasteiger partial charge is 0.279 e. The van der Waals surface area contributed by atoms with E-state index in [1.807, 2.05) is 66.7 Å². The molecule has 6 rings (SSSR count). The third kappa shape index (κ3) is 4.06. The number of hydrogen-bond donors (Lipinski definition) is 1. The zero-order valence-corrected chi connectivity index (χ0v) is 18.8. The molecular formula is C29H22N4O2. The summed E-state index contributed by atoms with van der Waals surface area (Å²) in [7, 11) is 0. The second kappa shape index (κ2) is 8.91. The van der Waals surface area contributed by atoms with Gasteiger partial charge in [0.25, 0.3) is 5.91 Å². The molecule has 6 nitrogen and oxygen atoms in total. The minimum atomic E-state index is -0.268. The molecule has 1 atom stereocenters. The number of nitrogens with zero attached hydrogens (tertiary/aromatic N) is 3. The number of benzene rings is 4. The number of ether oxygens (including phenoxy) is 1. The lowest BCUT2D eigenvalue weighted by molar-refractivity contribution is -0.136. The standard InChI is InChI=1S/C29H22N4O2/c34-28(18-35-29-24-12-6-7-13-25(24)30-19-31-29)33-27(21-9-2-1-3-10-21)17-26(32-33)23-15-14-20-8-4-5-11-22(20)16-23/h1-17,19,27,32H,18H2/t27-/m1/s1. The third-order valence-electron chi connectivity index (χ3n) is 6.15. The number of amides is 1. The largest absolute Gasteiger partial charge is 0.467 e. The van der Waals surface area contributed by atoms with Crippen molar-refractivity contribution in [3.8, 4) is 5.88 Å². The van der Waals surface area contributed by atoms with E-state index in [4.69, 9.17) is 4.74 Å². The van der Waals surface area contributed by atoms with E-state index in [1.54, 1.807) is 5.01 Å². The number of carbonyl (C=O) groups is 1. The molecule has 0 spiro atoms. The summed E-state index contributed by atoms with van der Waals surface area (Å²) in [6.45, 7) is -0.157. The van der Waals surface area contributed by atoms with Crippen molar-refractivity contribution < 1.29 is 9.53 Å². The van der Waals surface area contributed by atoms with Gasteiger partial charge in [-0.05, 0) is 46.2 Å². The molecule has 4 aromatic carbocycles. The molecule has 1 aliphatic heterocycles. The van der Waals surface area contributed by atoms with Crippen molar-refractivity contribution in [3.63, 3.8) is 0 Å². The van der Waals surface area contributed by atoms with Crippen LogP contribution in [-0.2, 0) is 4.79 Å². The molecule has 170 valence electrons. The van der Waals surface area contributed by atoms with Gasteiger partial charge in [-0.2, -0.15) is 0 Å². The predicted octanol–water partition coefficient (Wildman–Crippen LogP) is 5.29. The average molecular weight is 459 g/mol. The van der Waals surface area contributed by atoms with Gasteiger partial charge in [0.2, 0.25) is 5.88 Å². The zero-order valence-electron chi connectivity index (χ0n) is 18.8. The Morgan fingerprint density at radius 1 is 0.857 bits per heavy atom. The van der Waals surface area contributed by atoms with E-state index in [1.165, 1.54) is 11.7 Å². The van der Waals surface area contributed by atoms with Gasteiger partial charge in [0.15, 0.2) is 6.61 Å². The molecule has 1 amide bonds. The molecule has 0 fully saturated rings. The molecule has 35 heavy (non-hydrogen) atoms. The van der Waals surface area contributed by atoms with Crippen LogP contribution in [-0.4, -0.2) is 27.5 Å². The fraction of sp³-hybridized carbons (Fsp3) is 0.0690. The van der Waals surface area contributed by atoms with Crippen molar-refractivity contribution in [1.29, 1.82) is 0 Å². The molecule has 6 heteroatoms. The van der Waals surface area contributed by atoms with Crippen molar-refractivity contribution >= 4 is 33.3 Å². The summed E-state index contributed by atoms with van der Waals surface area (Å²) in [5.74, 6) is 0.190. The number of nitrogens with one attached hydrogen (secondary N) is 1. The monoisotopic (exact) mass is 458 g/mol. The number of carbonyl (C=O) groups excluding carboxylic acids is 1. The fourth-order valence-electron chi connectivity index (χ4n) is 4.39. The fourth-order valence-corrected chi connectivity index (χ4v) is 4.39. The number of aromatic nitrogens is 2. The van der Waals surface area contributed by atoms with Crippen LogP contribution in [0.2, 0.25) is 0 Å². The SMILES string of the molecule is O=C(COc1ncnc2ccccc12)N1NC(c2ccc3ccccc3c2)=C[C@@H]1c1ccccc1. The van der Waals surface area contributed by atoms with Crippen molar-refractivity contribution in [2.45, 2.75) is 6.04 Å². The minimum Gasteiger partial charge on any atom is -0.467 e. The van der Waals surface area contributed by atoms with Gasteiger partial charge in [-0.1, -0.05) is 78.9 Å². The van der Waals surface area contributed by atoms with Gasteiger partial charge in [-0.3, -0.25) is 10.2 Å². The summed E-state index contributed by atoms with van der Waals surface area (Å²) in [5, 5.41) is 4.72. The van der Waals surface area contributed by atoms with Gasteiger partial charge < -0.3 is 4.74 Å². The summed E-state index contributed by atoms with van der Waals surface area (Å²) < 4.78 is 5.87. The molecule has 1 aliphatic rings.